The van der Waals surface area contributed by atoms with Gasteiger partial charge in [0.15, 0.2) is 11.6 Å². The molecule has 0 bridgehead atoms. The zero-order chi connectivity index (χ0) is 21.7. The second-order valence-corrected chi connectivity index (χ2v) is 10.8. The number of ketones is 2. The fraction of sp³-hybridized carbons (Fsp3) is 0.727. The summed E-state index contributed by atoms with van der Waals surface area (Å²) < 4.78 is 0. The first kappa shape index (κ1) is 34.6. The van der Waals surface area contributed by atoms with E-state index >= 15 is 0 Å². The Morgan fingerprint density at radius 1 is 0.536 bits per heavy atom. The summed E-state index contributed by atoms with van der Waals surface area (Å²) in [5.74, 6) is 0.208. The number of allylic oxidation sites excluding steroid dienone is 4. The molecule has 0 atom stereocenters. The van der Waals surface area contributed by atoms with E-state index in [4.69, 9.17) is 0 Å². The van der Waals surface area contributed by atoms with Crippen LogP contribution in [0.4, 0.5) is 0 Å². The molecule has 0 aliphatic carbocycles. The molecule has 0 rings (SSSR count). The fourth-order valence-electron chi connectivity index (χ4n) is 1.11. The van der Waals surface area contributed by atoms with Gasteiger partial charge in [-0.05, 0) is 0 Å². The topological polar surface area (TPSA) is 106 Å². The number of carbonyl (C=O) groups excluding carboxylic acids is 2. The molecule has 164 valence electrons. The van der Waals surface area contributed by atoms with Gasteiger partial charge in [0.25, 0.3) is 0 Å². The van der Waals surface area contributed by atoms with Crippen molar-refractivity contribution in [3.05, 3.63) is 23.7 Å². The summed E-state index contributed by atoms with van der Waals surface area (Å²) in [5.41, 5.74) is -1.53. The molecule has 0 aromatic heterocycles. The van der Waals surface area contributed by atoms with Crippen molar-refractivity contribution in [1.29, 1.82) is 0 Å². The quantitative estimate of drug-likeness (QED) is 0.347. The molecule has 0 saturated heterocycles. The third-order valence-electron chi connectivity index (χ3n) is 3.55. The van der Waals surface area contributed by atoms with Crippen LogP contribution in [0.5, 0.6) is 0 Å². The Morgan fingerprint density at radius 3 is 0.821 bits per heavy atom. The Morgan fingerprint density at radius 2 is 0.714 bits per heavy atom. The van der Waals surface area contributed by atoms with E-state index in [1.54, 1.807) is 0 Å². The number of aliphatic hydroxyl groups excluding tert-OH is 2. The van der Waals surface area contributed by atoms with Crippen molar-refractivity contribution >= 4 is 11.6 Å². The van der Waals surface area contributed by atoms with E-state index in [1.165, 1.54) is 12.2 Å². The molecule has 0 spiro atoms. The van der Waals surface area contributed by atoms with Gasteiger partial charge in [-0.25, -0.2) is 0 Å². The van der Waals surface area contributed by atoms with Crippen LogP contribution in [0.3, 0.4) is 0 Å². The SMILES string of the molecule is CC(C)(C)C(=O)/C=C(\O)C(C)(C)C.CC(C)(C)C(=O)/C=C(\O)C(C)(C)C.O.[Ti]. The molecule has 0 unspecified atom stereocenters. The minimum atomic E-state index is -0.417. The fourth-order valence-corrected chi connectivity index (χ4v) is 1.11. The molecule has 28 heavy (non-hydrogen) atoms. The Kier molecular flexibility index (Phi) is 14.8. The van der Waals surface area contributed by atoms with Crippen LogP contribution in [0.1, 0.15) is 83.1 Å². The average molecular weight is 434 g/mol. The van der Waals surface area contributed by atoms with Gasteiger partial charge < -0.3 is 15.7 Å². The molecule has 0 heterocycles. The van der Waals surface area contributed by atoms with Gasteiger partial charge in [0, 0.05) is 55.5 Å². The first-order valence-corrected chi connectivity index (χ1v) is 9.01. The van der Waals surface area contributed by atoms with E-state index < -0.39 is 10.8 Å². The minimum Gasteiger partial charge on any atom is -0.512 e. The zero-order valence-electron chi connectivity index (χ0n) is 19.9. The molecular weight excluding hydrogens is 392 g/mol. The smallest absolute Gasteiger partial charge is 0.164 e. The van der Waals surface area contributed by atoms with Crippen molar-refractivity contribution in [2.45, 2.75) is 83.1 Å². The molecule has 0 aliphatic rings. The van der Waals surface area contributed by atoms with Crippen molar-refractivity contribution in [2.24, 2.45) is 21.7 Å². The van der Waals surface area contributed by atoms with Crippen LogP contribution in [0.25, 0.3) is 0 Å². The summed E-state index contributed by atoms with van der Waals surface area (Å²) in [7, 11) is 0. The van der Waals surface area contributed by atoms with Crippen LogP contribution in [-0.4, -0.2) is 27.3 Å². The second-order valence-electron chi connectivity index (χ2n) is 10.8. The van der Waals surface area contributed by atoms with Crippen molar-refractivity contribution in [3.8, 4) is 0 Å². The number of hydrogen-bond donors (Lipinski definition) is 2. The van der Waals surface area contributed by atoms with Gasteiger partial charge in [-0.15, -0.1) is 0 Å². The van der Waals surface area contributed by atoms with Crippen molar-refractivity contribution in [1.82, 2.24) is 0 Å². The minimum absolute atomic E-state index is 0. The summed E-state index contributed by atoms with van der Waals surface area (Å²) in [6.45, 7) is 22.2. The second kappa shape index (κ2) is 11.9. The van der Waals surface area contributed by atoms with Crippen molar-refractivity contribution in [2.75, 3.05) is 0 Å². The Balaban J connectivity index is -0.000000192. The number of aliphatic hydroxyl groups is 2. The monoisotopic (exact) mass is 434 g/mol. The van der Waals surface area contributed by atoms with E-state index in [1.807, 2.05) is 83.1 Å². The molecule has 0 amide bonds. The van der Waals surface area contributed by atoms with Gasteiger partial charge >= 0.3 is 0 Å². The molecule has 0 aromatic rings. The summed E-state index contributed by atoms with van der Waals surface area (Å²) in [6.07, 6.45) is 2.67. The Bertz CT molecular complexity index is 508. The van der Waals surface area contributed by atoms with E-state index in [2.05, 4.69) is 0 Å². The molecule has 0 aromatic carbocycles. The third-order valence-corrected chi connectivity index (χ3v) is 3.55. The maximum atomic E-state index is 11.5. The number of rotatable bonds is 2. The van der Waals surface area contributed by atoms with Crippen molar-refractivity contribution < 1.29 is 47.0 Å². The van der Waals surface area contributed by atoms with Gasteiger partial charge in [-0.2, -0.15) is 0 Å². The summed E-state index contributed by atoms with van der Waals surface area (Å²) in [6, 6.07) is 0. The van der Waals surface area contributed by atoms with Crippen molar-refractivity contribution in [3.63, 3.8) is 0 Å². The summed E-state index contributed by atoms with van der Waals surface area (Å²) in [4.78, 5) is 23.0. The molecule has 4 N–H and O–H groups in total. The molecule has 5 nitrogen and oxygen atoms in total. The molecule has 0 fully saturated rings. The zero-order valence-corrected chi connectivity index (χ0v) is 21.4. The average Bonchev–Trinajstić information content (AvgIpc) is 2.34. The predicted octanol–water partition coefficient (Wildman–Crippen LogP) is 5.35. The predicted molar refractivity (Wildman–Crippen MR) is 113 cm³/mol. The van der Waals surface area contributed by atoms with Crippen LogP contribution in [0, 0.1) is 21.7 Å². The van der Waals surface area contributed by atoms with Crippen LogP contribution in [0.2, 0.25) is 0 Å². The molecule has 0 saturated carbocycles. The summed E-state index contributed by atoms with van der Waals surface area (Å²) >= 11 is 0. The first-order chi connectivity index (χ1) is 11.1. The van der Waals surface area contributed by atoms with Crippen LogP contribution in [-0.2, 0) is 31.3 Å². The molecule has 6 heteroatoms. The summed E-state index contributed by atoms with van der Waals surface area (Å²) in [5, 5.41) is 19.1. The number of hydrogen-bond acceptors (Lipinski definition) is 4. The van der Waals surface area contributed by atoms with Gasteiger partial charge in [-0.1, -0.05) is 83.1 Å². The van der Waals surface area contributed by atoms with Crippen LogP contribution < -0.4 is 0 Å². The first-order valence-electron chi connectivity index (χ1n) is 9.01. The van der Waals surface area contributed by atoms with E-state index in [0.717, 1.165) is 0 Å². The third kappa shape index (κ3) is 15.1. The van der Waals surface area contributed by atoms with Gasteiger partial charge in [-0.3, -0.25) is 9.59 Å². The largest absolute Gasteiger partial charge is 0.512 e. The van der Waals surface area contributed by atoms with E-state index in [-0.39, 0.29) is 61.1 Å². The number of carbonyl (C=O) groups is 2. The molecular formula is C22H42O5Ti. The van der Waals surface area contributed by atoms with Crippen LogP contribution >= 0.6 is 0 Å². The van der Waals surface area contributed by atoms with Gasteiger partial charge in [0.05, 0.1) is 0 Å². The molecule has 0 aliphatic heterocycles. The van der Waals surface area contributed by atoms with E-state index in [0.29, 0.717) is 0 Å². The maximum absolute atomic E-state index is 11.5. The standard InChI is InChI=1S/2C11H20O2.H2O.Ti/c2*1-10(2,3)8(12)7-9(13)11(4,5)6;;/h2*7,12H,1-6H3;1H2;/b2*8-7-;;. The van der Waals surface area contributed by atoms with Crippen LogP contribution in [0.15, 0.2) is 23.7 Å². The van der Waals surface area contributed by atoms with E-state index in [9.17, 15) is 19.8 Å². The Hall–Kier alpha value is -0.906. The molecule has 0 radical (unpaired) electrons. The maximum Gasteiger partial charge on any atom is 0.164 e. The van der Waals surface area contributed by atoms with Gasteiger partial charge in [0.1, 0.15) is 11.5 Å². The van der Waals surface area contributed by atoms with Gasteiger partial charge in [0.2, 0.25) is 0 Å². The Labute approximate surface area is 186 Å². The normalized spacial score (nSPS) is 13.4.